The minimum atomic E-state index is -1.40. The predicted molar refractivity (Wildman–Crippen MR) is 64.7 cm³/mol. The summed E-state index contributed by atoms with van der Waals surface area (Å²) >= 11 is 0. The number of benzene rings is 1. The van der Waals surface area contributed by atoms with Gasteiger partial charge in [0.2, 0.25) is 5.78 Å². The molecule has 2 N–H and O–H groups in total. The summed E-state index contributed by atoms with van der Waals surface area (Å²) in [5.41, 5.74) is 0.354. The van der Waals surface area contributed by atoms with Gasteiger partial charge in [-0.1, -0.05) is 24.3 Å². The van der Waals surface area contributed by atoms with Crippen molar-refractivity contribution in [1.82, 2.24) is 0 Å². The molecular formula is C14H12O5. The van der Waals surface area contributed by atoms with E-state index in [0.717, 1.165) is 0 Å². The molecule has 1 aliphatic heterocycles. The summed E-state index contributed by atoms with van der Waals surface area (Å²) in [5, 5.41) is 19.8. The number of ketones is 2. The number of ether oxygens (including phenoxy) is 1. The Morgan fingerprint density at radius 3 is 2.26 bits per heavy atom. The van der Waals surface area contributed by atoms with Gasteiger partial charge in [0.1, 0.15) is 18.3 Å². The summed E-state index contributed by atoms with van der Waals surface area (Å²) in [5.74, 6) is -1.04. The van der Waals surface area contributed by atoms with Gasteiger partial charge >= 0.3 is 0 Å². The quantitative estimate of drug-likeness (QED) is 0.708. The Balaban J connectivity index is 2.20. The van der Waals surface area contributed by atoms with Gasteiger partial charge in [0.25, 0.3) is 0 Å². The molecule has 0 unspecified atom stereocenters. The first-order valence-electron chi connectivity index (χ1n) is 5.97. The Labute approximate surface area is 109 Å². The third kappa shape index (κ3) is 1.55. The Hall–Kier alpha value is -1.98. The van der Waals surface area contributed by atoms with E-state index < -0.39 is 29.9 Å². The molecule has 5 heteroatoms. The maximum absolute atomic E-state index is 12.3. The van der Waals surface area contributed by atoms with Crippen molar-refractivity contribution in [2.45, 2.75) is 25.2 Å². The first-order valence-corrected chi connectivity index (χ1v) is 5.97. The van der Waals surface area contributed by atoms with Gasteiger partial charge in [-0.25, -0.2) is 0 Å². The van der Waals surface area contributed by atoms with E-state index in [1.807, 2.05) is 0 Å². The number of aliphatic hydroxyl groups excluding tert-OH is 2. The monoisotopic (exact) mass is 260 g/mol. The molecular weight excluding hydrogens is 248 g/mol. The topological polar surface area (TPSA) is 83.8 Å². The van der Waals surface area contributed by atoms with Gasteiger partial charge in [-0.05, 0) is 6.92 Å². The van der Waals surface area contributed by atoms with Crippen LogP contribution in [0.5, 0.6) is 0 Å². The van der Waals surface area contributed by atoms with Crippen LogP contribution >= 0.6 is 0 Å². The summed E-state index contributed by atoms with van der Waals surface area (Å²) < 4.78 is 5.31. The van der Waals surface area contributed by atoms with Crippen LogP contribution in [-0.2, 0) is 4.74 Å². The molecule has 1 aromatic carbocycles. The first kappa shape index (κ1) is 12.1. The zero-order valence-electron chi connectivity index (χ0n) is 10.2. The summed E-state index contributed by atoms with van der Waals surface area (Å²) in [4.78, 5) is 24.6. The number of carbonyl (C=O) groups excluding carboxylic acids is 2. The van der Waals surface area contributed by atoms with Crippen LogP contribution in [0.15, 0.2) is 35.6 Å². The number of fused-ring (bicyclic) bond motifs is 1. The van der Waals surface area contributed by atoms with Gasteiger partial charge < -0.3 is 14.9 Å². The van der Waals surface area contributed by atoms with Crippen LogP contribution in [0.25, 0.3) is 0 Å². The lowest BCUT2D eigenvalue weighted by Gasteiger charge is -2.35. The van der Waals surface area contributed by atoms with Crippen LogP contribution in [0.3, 0.4) is 0 Å². The maximum atomic E-state index is 12.3. The Bertz CT molecular complexity index is 616. The Kier molecular flexibility index (Phi) is 2.55. The number of carbonyl (C=O) groups is 2. The molecule has 0 radical (unpaired) electrons. The molecule has 0 fully saturated rings. The number of aliphatic hydroxyl groups is 2. The van der Waals surface area contributed by atoms with E-state index in [0.29, 0.717) is 0 Å². The maximum Gasteiger partial charge on any atom is 0.228 e. The van der Waals surface area contributed by atoms with Crippen LogP contribution in [0.1, 0.15) is 27.6 Å². The highest BCUT2D eigenvalue weighted by molar-refractivity contribution is 6.26. The third-order valence-electron chi connectivity index (χ3n) is 3.52. The molecule has 19 heavy (non-hydrogen) atoms. The Morgan fingerprint density at radius 1 is 1.05 bits per heavy atom. The standard InChI is InChI=1S/C14H12O5/c1-6-10(15)13(18)9-11(16)7-4-2-3-5-8(7)12(17)14(9)19-6/h2-6,10,13,15,18H,1H3/t6-,10-,13-/m1/s1. The highest BCUT2D eigenvalue weighted by Crippen LogP contribution is 2.34. The average Bonchev–Trinajstić information content (AvgIpc) is 2.42. The molecule has 0 bridgehead atoms. The number of hydrogen-bond acceptors (Lipinski definition) is 5. The average molecular weight is 260 g/mol. The number of Topliss-reactive ketones (excluding diaryl/α,β-unsaturated/α-hetero) is 2. The van der Waals surface area contributed by atoms with Gasteiger partial charge in [0, 0.05) is 11.1 Å². The van der Waals surface area contributed by atoms with Gasteiger partial charge in [-0.3, -0.25) is 9.59 Å². The van der Waals surface area contributed by atoms with E-state index in [2.05, 4.69) is 0 Å². The van der Waals surface area contributed by atoms with Crippen molar-refractivity contribution in [3.63, 3.8) is 0 Å². The van der Waals surface area contributed by atoms with E-state index >= 15 is 0 Å². The summed E-state index contributed by atoms with van der Waals surface area (Å²) in [7, 11) is 0. The van der Waals surface area contributed by atoms with Crippen molar-refractivity contribution in [3.05, 3.63) is 46.7 Å². The van der Waals surface area contributed by atoms with Crippen LogP contribution in [0.2, 0.25) is 0 Å². The highest BCUT2D eigenvalue weighted by Gasteiger charge is 2.45. The molecule has 0 amide bonds. The molecule has 2 aliphatic rings. The summed E-state index contributed by atoms with van der Waals surface area (Å²) in [6.45, 7) is 1.54. The molecule has 0 saturated carbocycles. The summed E-state index contributed by atoms with van der Waals surface area (Å²) in [6, 6.07) is 6.37. The number of rotatable bonds is 0. The van der Waals surface area contributed by atoms with Gasteiger partial charge in [0.15, 0.2) is 11.5 Å². The highest BCUT2D eigenvalue weighted by atomic mass is 16.5. The molecule has 1 heterocycles. The van der Waals surface area contributed by atoms with Crippen LogP contribution in [-0.4, -0.2) is 40.1 Å². The molecule has 3 rings (SSSR count). The second-order valence-corrected chi connectivity index (χ2v) is 4.71. The van der Waals surface area contributed by atoms with Crippen LogP contribution in [0.4, 0.5) is 0 Å². The smallest absolute Gasteiger partial charge is 0.228 e. The van der Waals surface area contributed by atoms with E-state index in [-0.39, 0.29) is 22.5 Å². The lowest BCUT2D eigenvalue weighted by molar-refractivity contribution is -0.0682. The van der Waals surface area contributed by atoms with Gasteiger partial charge in [-0.15, -0.1) is 0 Å². The second-order valence-electron chi connectivity index (χ2n) is 4.71. The fourth-order valence-electron chi connectivity index (χ4n) is 2.44. The lowest BCUT2D eigenvalue weighted by atomic mass is 9.82. The second kappa shape index (κ2) is 4.01. The van der Waals surface area contributed by atoms with Crippen LogP contribution < -0.4 is 0 Å². The van der Waals surface area contributed by atoms with Gasteiger partial charge in [0.05, 0.1) is 5.57 Å². The zero-order valence-corrected chi connectivity index (χ0v) is 10.2. The zero-order chi connectivity index (χ0) is 13.7. The number of hydrogen-bond donors (Lipinski definition) is 2. The van der Waals surface area contributed by atoms with E-state index in [4.69, 9.17) is 4.74 Å². The normalized spacial score (nSPS) is 29.7. The third-order valence-corrected chi connectivity index (χ3v) is 3.52. The lowest BCUT2D eigenvalue weighted by Crippen LogP contribution is -2.47. The van der Waals surface area contributed by atoms with Crippen molar-refractivity contribution < 1.29 is 24.5 Å². The number of allylic oxidation sites excluding steroid dienone is 1. The van der Waals surface area contributed by atoms with E-state index in [1.54, 1.807) is 18.2 Å². The van der Waals surface area contributed by atoms with Crippen molar-refractivity contribution >= 4 is 11.6 Å². The molecule has 98 valence electrons. The molecule has 0 saturated heterocycles. The molecule has 1 aliphatic carbocycles. The minimum Gasteiger partial charge on any atom is -0.483 e. The van der Waals surface area contributed by atoms with Crippen LogP contribution in [0, 0.1) is 0 Å². The predicted octanol–water partition coefficient (Wildman–Crippen LogP) is 0.460. The van der Waals surface area contributed by atoms with E-state index in [9.17, 15) is 19.8 Å². The Morgan fingerprint density at radius 2 is 1.63 bits per heavy atom. The summed E-state index contributed by atoms with van der Waals surface area (Å²) in [6.07, 6.45) is -3.36. The minimum absolute atomic E-state index is 0.144. The fraction of sp³-hybridized carbons (Fsp3) is 0.286. The largest absolute Gasteiger partial charge is 0.483 e. The van der Waals surface area contributed by atoms with Crippen molar-refractivity contribution in [2.75, 3.05) is 0 Å². The van der Waals surface area contributed by atoms with Crippen molar-refractivity contribution in [2.24, 2.45) is 0 Å². The SMILES string of the molecule is C[C@H]1OC2=C(C(=O)c3ccccc3C2=O)[C@@H](O)[C@@H]1O. The molecule has 0 spiro atoms. The van der Waals surface area contributed by atoms with E-state index in [1.165, 1.54) is 13.0 Å². The molecule has 0 aromatic heterocycles. The van der Waals surface area contributed by atoms with Crippen molar-refractivity contribution in [3.8, 4) is 0 Å². The first-order chi connectivity index (χ1) is 9.02. The van der Waals surface area contributed by atoms with Gasteiger partial charge in [-0.2, -0.15) is 0 Å². The molecule has 5 nitrogen and oxygen atoms in total. The molecule has 1 aromatic rings. The van der Waals surface area contributed by atoms with Crippen molar-refractivity contribution in [1.29, 1.82) is 0 Å². The molecule has 3 atom stereocenters. The fourth-order valence-corrected chi connectivity index (χ4v) is 2.44.